The fourth-order valence-corrected chi connectivity index (χ4v) is 1.46. The molecule has 0 saturated carbocycles. The minimum absolute atomic E-state index is 0.145. The van der Waals surface area contributed by atoms with Crippen molar-refractivity contribution in [3.05, 3.63) is 0 Å². The Balaban J connectivity index is 4.57. The molecule has 0 bridgehead atoms. The van der Waals surface area contributed by atoms with Crippen molar-refractivity contribution in [2.75, 3.05) is 13.1 Å². The first kappa shape index (κ1) is 16.3. The van der Waals surface area contributed by atoms with Crippen LogP contribution in [0.5, 0.6) is 0 Å². The summed E-state index contributed by atoms with van der Waals surface area (Å²) in [4.78, 5) is 13.9. The van der Waals surface area contributed by atoms with Gasteiger partial charge >= 0.3 is 6.09 Å². The maximum Gasteiger partial charge on any atom is 0.410 e. The van der Waals surface area contributed by atoms with E-state index < -0.39 is 5.60 Å². The van der Waals surface area contributed by atoms with Gasteiger partial charge in [0.1, 0.15) is 5.60 Å². The number of nitrogens with zero attached hydrogens (tertiary/aromatic N) is 1. The quantitative estimate of drug-likeness (QED) is 0.728. The lowest BCUT2D eigenvalue weighted by molar-refractivity contribution is 0.0175. The molecule has 3 heteroatoms. The van der Waals surface area contributed by atoms with E-state index >= 15 is 0 Å². The molecule has 0 aliphatic rings. The molecule has 0 unspecified atom stereocenters. The van der Waals surface area contributed by atoms with Crippen LogP contribution in [0.2, 0.25) is 0 Å². The van der Waals surface area contributed by atoms with Gasteiger partial charge in [0.15, 0.2) is 0 Å². The van der Waals surface area contributed by atoms with Gasteiger partial charge in [-0.3, -0.25) is 0 Å². The number of amides is 1. The molecule has 1 amide bonds. The standard InChI is InChI=1S/C14H29NO2/c1-8-10-15(11-14(6,7)9-2)12(16)17-13(3,4)5/h8-11H2,1-7H3. The molecule has 0 aromatic rings. The Labute approximate surface area is 107 Å². The minimum atomic E-state index is -0.417. The lowest BCUT2D eigenvalue weighted by atomic mass is 9.90. The molecule has 0 aromatic heterocycles. The molecule has 0 aliphatic heterocycles. The van der Waals surface area contributed by atoms with E-state index in [2.05, 4.69) is 27.7 Å². The van der Waals surface area contributed by atoms with Crippen LogP contribution in [0.25, 0.3) is 0 Å². The van der Waals surface area contributed by atoms with Crippen LogP contribution in [0.3, 0.4) is 0 Å². The van der Waals surface area contributed by atoms with E-state index in [9.17, 15) is 4.79 Å². The normalized spacial score (nSPS) is 12.4. The zero-order valence-corrected chi connectivity index (χ0v) is 12.6. The Bertz CT molecular complexity index is 241. The van der Waals surface area contributed by atoms with Crippen LogP contribution >= 0.6 is 0 Å². The van der Waals surface area contributed by atoms with Crippen molar-refractivity contribution < 1.29 is 9.53 Å². The smallest absolute Gasteiger partial charge is 0.410 e. The molecule has 0 saturated heterocycles. The predicted octanol–water partition coefficient (Wildman–Crippen LogP) is 4.07. The van der Waals surface area contributed by atoms with Crippen LogP contribution in [0, 0.1) is 5.41 Å². The summed E-state index contributed by atoms with van der Waals surface area (Å²) in [5, 5.41) is 0. The Morgan fingerprint density at radius 2 is 1.65 bits per heavy atom. The van der Waals surface area contributed by atoms with Crippen LogP contribution in [0.1, 0.15) is 61.3 Å². The topological polar surface area (TPSA) is 29.5 Å². The van der Waals surface area contributed by atoms with Crippen LogP contribution in [0.4, 0.5) is 4.79 Å². The number of ether oxygens (including phenoxy) is 1. The third-order valence-corrected chi connectivity index (χ3v) is 2.72. The lowest BCUT2D eigenvalue weighted by Crippen LogP contribution is -2.42. The van der Waals surface area contributed by atoms with Crippen molar-refractivity contribution in [1.29, 1.82) is 0 Å². The van der Waals surface area contributed by atoms with Gasteiger partial charge in [0.2, 0.25) is 0 Å². The summed E-state index contributed by atoms with van der Waals surface area (Å²) < 4.78 is 5.43. The highest BCUT2D eigenvalue weighted by Crippen LogP contribution is 2.22. The highest BCUT2D eigenvalue weighted by molar-refractivity contribution is 5.68. The summed E-state index contributed by atoms with van der Waals surface area (Å²) in [6, 6.07) is 0. The summed E-state index contributed by atoms with van der Waals surface area (Å²) in [6.45, 7) is 15.8. The fraction of sp³-hybridized carbons (Fsp3) is 0.929. The van der Waals surface area contributed by atoms with Gasteiger partial charge in [0.25, 0.3) is 0 Å². The van der Waals surface area contributed by atoms with Gasteiger partial charge in [-0.25, -0.2) is 4.79 Å². The number of carbonyl (C=O) groups is 1. The molecule has 0 radical (unpaired) electrons. The summed E-state index contributed by atoms with van der Waals surface area (Å²) in [7, 11) is 0. The molecule has 0 aliphatic carbocycles. The molecule has 17 heavy (non-hydrogen) atoms. The minimum Gasteiger partial charge on any atom is -0.444 e. The molecule has 0 aromatic carbocycles. The average Bonchev–Trinajstić information content (AvgIpc) is 2.14. The van der Waals surface area contributed by atoms with Crippen LogP contribution in [-0.4, -0.2) is 29.7 Å². The first-order chi connectivity index (χ1) is 7.61. The third kappa shape index (κ3) is 7.24. The van der Waals surface area contributed by atoms with Gasteiger partial charge in [-0.2, -0.15) is 0 Å². The maximum absolute atomic E-state index is 12.0. The molecular formula is C14H29NO2. The first-order valence-electron chi connectivity index (χ1n) is 6.59. The van der Waals surface area contributed by atoms with Gasteiger partial charge in [-0.05, 0) is 39.0 Å². The Morgan fingerprint density at radius 1 is 1.12 bits per heavy atom. The van der Waals surface area contributed by atoms with E-state index in [1.54, 1.807) is 0 Å². The molecule has 0 N–H and O–H groups in total. The van der Waals surface area contributed by atoms with Gasteiger partial charge in [-0.1, -0.05) is 27.7 Å². The molecular weight excluding hydrogens is 214 g/mol. The largest absolute Gasteiger partial charge is 0.444 e. The Kier molecular flexibility index (Phi) is 6.00. The molecule has 0 heterocycles. The zero-order chi connectivity index (χ0) is 13.7. The van der Waals surface area contributed by atoms with Crippen molar-refractivity contribution in [3.63, 3.8) is 0 Å². The maximum atomic E-state index is 12.0. The lowest BCUT2D eigenvalue weighted by Gasteiger charge is -2.33. The number of hydrogen-bond donors (Lipinski definition) is 0. The van der Waals surface area contributed by atoms with E-state index in [0.717, 1.165) is 25.9 Å². The predicted molar refractivity (Wildman–Crippen MR) is 72.2 cm³/mol. The van der Waals surface area contributed by atoms with Crippen molar-refractivity contribution in [3.8, 4) is 0 Å². The highest BCUT2D eigenvalue weighted by Gasteiger charge is 2.26. The van der Waals surface area contributed by atoms with E-state index in [0.29, 0.717) is 0 Å². The molecule has 0 rings (SSSR count). The Hall–Kier alpha value is -0.730. The molecule has 0 spiro atoms. The van der Waals surface area contributed by atoms with Crippen LogP contribution in [-0.2, 0) is 4.74 Å². The summed E-state index contributed by atoms with van der Waals surface area (Å²) >= 11 is 0. The van der Waals surface area contributed by atoms with E-state index in [1.165, 1.54) is 0 Å². The van der Waals surface area contributed by atoms with Gasteiger partial charge in [0.05, 0.1) is 0 Å². The molecule has 0 fully saturated rings. The molecule has 102 valence electrons. The van der Waals surface area contributed by atoms with Crippen molar-refractivity contribution in [1.82, 2.24) is 4.90 Å². The number of rotatable bonds is 5. The van der Waals surface area contributed by atoms with Crippen LogP contribution < -0.4 is 0 Å². The van der Waals surface area contributed by atoms with Gasteiger partial charge in [-0.15, -0.1) is 0 Å². The molecule has 0 atom stereocenters. The van der Waals surface area contributed by atoms with Crippen molar-refractivity contribution >= 4 is 6.09 Å². The monoisotopic (exact) mass is 243 g/mol. The fourth-order valence-electron chi connectivity index (χ4n) is 1.46. The summed E-state index contributed by atoms with van der Waals surface area (Å²) in [5.74, 6) is 0. The second kappa shape index (κ2) is 6.27. The average molecular weight is 243 g/mol. The van der Waals surface area contributed by atoms with E-state index in [-0.39, 0.29) is 11.5 Å². The molecule has 3 nitrogen and oxygen atoms in total. The third-order valence-electron chi connectivity index (χ3n) is 2.72. The second-order valence-electron chi connectivity index (χ2n) is 6.42. The number of hydrogen-bond acceptors (Lipinski definition) is 2. The summed E-state index contributed by atoms with van der Waals surface area (Å²) in [6.07, 6.45) is 1.82. The first-order valence-corrected chi connectivity index (χ1v) is 6.59. The van der Waals surface area contributed by atoms with E-state index in [1.807, 2.05) is 25.7 Å². The SMILES string of the molecule is CCCN(CC(C)(C)CC)C(=O)OC(C)(C)C. The summed E-state index contributed by atoms with van der Waals surface area (Å²) in [5.41, 5.74) is -0.272. The zero-order valence-electron chi connectivity index (χ0n) is 12.6. The van der Waals surface area contributed by atoms with Crippen molar-refractivity contribution in [2.24, 2.45) is 5.41 Å². The van der Waals surface area contributed by atoms with Gasteiger partial charge < -0.3 is 9.64 Å². The number of carbonyl (C=O) groups excluding carboxylic acids is 1. The van der Waals surface area contributed by atoms with Crippen LogP contribution in [0.15, 0.2) is 0 Å². The second-order valence-corrected chi connectivity index (χ2v) is 6.42. The van der Waals surface area contributed by atoms with Crippen molar-refractivity contribution in [2.45, 2.75) is 66.9 Å². The highest BCUT2D eigenvalue weighted by atomic mass is 16.6. The van der Waals surface area contributed by atoms with E-state index in [4.69, 9.17) is 4.74 Å². The van der Waals surface area contributed by atoms with Gasteiger partial charge in [0, 0.05) is 13.1 Å². The Morgan fingerprint density at radius 3 is 2.00 bits per heavy atom.